The van der Waals surface area contributed by atoms with Crippen molar-refractivity contribution in [3.8, 4) is 0 Å². The Morgan fingerprint density at radius 1 is 1.37 bits per heavy atom. The summed E-state index contributed by atoms with van der Waals surface area (Å²) in [6.45, 7) is 1.45. The lowest BCUT2D eigenvalue weighted by atomic mass is 10.0. The van der Waals surface area contributed by atoms with Crippen LogP contribution in [0.1, 0.15) is 31.9 Å². The molecule has 1 unspecified atom stereocenters. The molecule has 7 nitrogen and oxygen atoms in total. The van der Waals surface area contributed by atoms with Crippen LogP contribution in [-0.2, 0) is 27.9 Å². The second kappa shape index (κ2) is 5.29. The molecular formula is C12H16N4O3. The van der Waals surface area contributed by atoms with Gasteiger partial charge in [-0.2, -0.15) is 0 Å². The van der Waals surface area contributed by atoms with Crippen molar-refractivity contribution in [1.82, 2.24) is 19.9 Å². The summed E-state index contributed by atoms with van der Waals surface area (Å²) in [4.78, 5) is 36.1. The van der Waals surface area contributed by atoms with E-state index >= 15 is 0 Å². The van der Waals surface area contributed by atoms with Gasteiger partial charge < -0.3 is 0 Å². The van der Waals surface area contributed by atoms with Gasteiger partial charge in [0.25, 0.3) is 0 Å². The van der Waals surface area contributed by atoms with E-state index in [0.717, 1.165) is 0 Å². The minimum atomic E-state index is -0.448. The van der Waals surface area contributed by atoms with E-state index < -0.39 is 6.04 Å². The van der Waals surface area contributed by atoms with Gasteiger partial charge in [0.15, 0.2) is 0 Å². The third-order valence-corrected chi connectivity index (χ3v) is 3.07. The average molecular weight is 264 g/mol. The van der Waals surface area contributed by atoms with Crippen molar-refractivity contribution in [2.45, 2.75) is 38.6 Å². The number of hydrogen-bond acceptors (Lipinski definition) is 5. The lowest BCUT2D eigenvalue weighted by Crippen LogP contribution is -2.41. The molecule has 102 valence electrons. The first-order valence-corrected chi connectivity index (χ1v) is 6.17. The van der Waals surface area contributed by atoms with Crippen LogP contribution < -0.4 is 0 Å². The van der Waals surface area contributed by atoms with Crippen molar-refractivity contribution < 1.29 is 14.4 Å². The molecule has 2 heterocycles. The first-order chi connectivity index (χ1) is 8.97. The van der Waals surface area contributed by atoms with Crippen molar-refractivity contribution >= 4 is 17.6 Å². The third kappa shape index (κ3) is 3.04. The monoisotopic (exact) mass is 264 g/mol. The lowest BCUT2D eigenvalue weighted by molar-refractivity contribution is -0.141. The molecule has 0 saturated carbocycles. The fraction of sp³-hybridized carbons (Fsp3) is 0.583. The van der Waals surface area contributed by atoms with Crippen LogP contribution in [0.5, 0.6) is 0 Å². The van der Waals surface area contributed by atoms with Gasteiger partial charge in [-0.25, -0.2) is 0 Å². The number of Topliss-reactive ketones (excluding diaryl/α,β-unsaturated/α-hetero) is 1. The first kappa shape index (κ1) is 13.4. The second-order valence-corrected chi connectivity index (χ2v) is 4.81. The van der Waals surface area contributed by atoms with Crippen LogP contribution in [0.3, 0.4) is 0 Å². The number of hydrogen-bond donors (Lipinski definition) is 0. The van der Waals surface area contributed by atoms with Crippen molar-refractivity contribution in [3.05, 3.63) is 11.9 Å². The molecule has 1 aromatic heterocycles. The Morgan fingerprint density at radius 3 is 2.47 bits per heavy atom. The molecule has 1 aliphatic heterocycles. The molecule has 0 radical (unpaired) electrons. The zero-order valence-corrected chi connectivity index (χ0v) is 11.0. The van der Waals surface area contributed by atoms with Crippen molar-refractivity contribution in [1.29, 1.82) is 0 Å². The lowest BCUT2D eigenvalue weighted by Gasteiger charge is -2.24. The Bertz CT molecular complexity index is 507. The van der Waals surface area contributed by atoms with Crippen LogP contribution in [0.4, 0.5) is 0 Å². The number of amides is 2. The van der Waals surface area contributed by atoms with E-state index in [2.05, 4.69) is 10.3 Å². The van der Waals surface area contributed by atoms with Crippen LogP contribution in [0.25, 0.3) is 0 Å². The quantitative estimate of drug-likeness (QED) is 0.691. The van der Waals surface area contributed by atoms with Gasteiger partial charge in [0, 0.05) is 38.9 Å². The summed E-state index contributed by atoms with van der Waals surface area (Å²) in [6.07, 6.45) is 2.71. The minimum Gasteiger partial charge on any atom is -0.300 e. The Morgan fingerprint density at radius 2 is 2.00 bits per heavy atom. The van der Waals surface area contributed by atoms with E-state index in [1.165, 1.54) is 11.8 Å². The molecule has 19 heavy (non-hydrogen) atoms. The Hall–Kier alpha value is -2.05. The number of aromatic nitrogens is 3. The number of likely N-dealkylation sites (tertiary alicyclic amines) is 1. The van der Waals surface area contributed by atoms with Gasteiger partial charge in [-0.15, -0.1) is 5.10 Å². The fourth-order valence-electron chi connectivity index (χ4n) is 2.32. The molecule has 0 aromatic carbocycles. The van der Waals surface area contributed by atoms with E-state index in [1.54, 1.807) is 17.9 Å². The SMILES string of the molecule is CC(=O)CC(Cc1cn(C)nn1)N1C(=O)CCC1=O. The topological polar surface area (TPSA) is 85.2 Å². The van der Waals surface area contributed by atoms with E-state index in [-0.39, 0.29) is 36.9 Å². The highest BCUT2D eigenvalue weighted by Crippen LogP contribution is 2.20. The summed E-state index contributed by atoms with van der Waals surface area (Å²) in [5, 5.41) is 7.74. The summed E-state index contributed by atoms with van der Waals surface area (Å²) in [5.74, 6) is -0.471. The number of aryl methyl sites for hydroxylation is 1. The minimum absolute atomic E-state index is 0.0543. The van der Waals surface area contributed by atoms with Crippen LogP contribution in [0.15, 0.2) is 6.20 Å². The fourth-order valence-corrected chi connectivity index (χ4v) is 2.32. The maximum absolute atomic E-state index is 11.8. The van der Waals surface area contributed by atoms with Crippen molar-refractivity contribution in [3.63, 3.8) is 0 Å². The molecule has 0 spiro atoms. The number of rotatable bonds is 5. The summed E-state index contributed by atoms with van der Waals surface area (Å²) in [5.41, 5.74) is 0.668. The molecule has 0 N–H and O–H groups in total. The highest BCUT2D eigenvalue weighted by molar-refractivity contribution is 6.02. The maximum atomic E-state index is 11.8. The van der Waals surface area contributed by atoms with Gasteiger partial charge in [-0.1, -0.05) is 5.21 Å². The van der Waals surface area contributed by atoms with Gasteiger partial charge >= 0.3 is 0 Å². The van der Waals surface area contributed by atoms with Gasteiger partial charge in [0.05, 0.1) is 11.7 Å². The number of imide groups is 1. The van der Waals surface area contributed by atoms with Gasteiger partial charge in [0.1, 0.15) is 5.78 Å². The van der Waals surface area contributed by atoms with E-state index in [0.29, 0.717) is 12.1 Å². The molecule has 1 atom stereocenters. The molecule has 2 amide bonds. The Kier molecular flexibility index (Phi) is 3.73. The predicted octanol–water partition coefficient (Wildman–Crippen LogP) is -0.146. The third-order valence-electron chi connectivity index (χ3n) is 3.07. The molecule has 1 fully saturated rings. The van der Waals surface area contributed by atoms with Crippen molar-refractivity contribution in [2.75, 3.05) is 0 Å². The summed E-state index contributed by atoms with van der Waals surface area (Å²) in [7, 11) is 1.74. The molecule has 1 aromatic rings. The molecule has 0 aliphatic carbocycles. The smallest absolute Gasteiger partial charge is 0.229 e. The standard InChI is InChI=1S/C12H16N4O3/c1-8(17)5-10(6-9-7-15(2)14-13-9)16-11(18)3-4-12(16)19/h7,10H,3-6H2,1-2H3. The predicted molar refractivity (Wildman–Crippen MR) is 64.9 cm³/mol. The number of ketones is 1. The molecule has 2 rings (SSSR count). The molecule has 7 heteroatoms. The summed E-state index contributed by atoms with van der Waals surface area (Å²) < 4.78 is 1.55. The zero-order chi connectivity index (χ0) is 14.0. The largest absolute Gasteiger partial charge is 0.300 e. The average Bonchev–Trinajstić information content (AvgIpc) is 2.84. The molecular weight excluding hydrogens is 248 g/mol. The highest BCUT2D eigenvalue weighted by Gasteiger charge is 2.35. The van der Waals surface area contributed by atoms with Gasteiger partial charge in [-0.3, -0.25) is 24.0 Å². The first-order valence-electron chi connectivity index (χ1n) is 6.17. The van der Waals surface area contributed by atoms with Gasteiger partial charge in [-0.05, 0) is 6.92 Å². The Labute approximate surface area is 110 Å². The molecule has 1 saturated heterocycles. The molecule has 1 aliphatic rings. The second-order valence-electron chi connectivity index (χ2n) is 4.81. The van der Waals surface area contributed by atoms with Crippen molar-refractivity contribution in [2.24, 2.45) is 7.05 Å². The zero-order valence-electron chi connectivity index (χ0n) is 11.0. The normalized spacial score (nSPS) is 17.1. The van der Waals surface area contributed by atoms with E-state index in [1.807, 2.05) is 0 Å². The number of carbonyl (C=O) groups is 3. The summed E-state index contributed by atoms with van der Waals surface area (Å²) >= 11 is 0. The van der Waals surface area contributed by atoms with Crippen LogP contribution >= 0.6 is 0 Å². The van der Waals surface area contributed by atoms with Crippen LogP contribution in [0, 0.1) is 0 Å². The summed E-state index contributed by atoms with van der Waals surface area (Å²) in [6, 6.07) is -0.448. The van der Waals surface area contributed by atoms with Crippen LogP contribution in [0.2, 0.25) is 0 Å². The number of nitrogens with zero attached hydrogens (tertiary/aromatic N) is 4. The van der Waals surface area contributed by atoms with Gasteiger partial charge in [0.2, 0.25) is 11.8 Å². The van der Waals surface area contributed by atoms with E-state index in [9.17, 15) is 14.4 Å². The van der Waals surface area contributed by atoms with E-state index in [4.69, 9.17) is 0 Å². The highest BCUT2D eigenvalue weighted by atomic mass is 16.2. The Balaban J connectivity index is 2.18. The maximum Gasteiger partial charge on any atom is 0.229 e. The number of carbonyl (C=O) groups excluding carboxylic acids is 3. The molecule has 0 bridgehead atoms. The van der Waals surface area contributed by atoms with Crippen LogP contribution in [-0.4, -0.2) is 43.5 Å².